The van der Waals surface area contributed by atoms with E-state index >= 15 is 0 Å². The minimum Gasteiger partial charge on any atom is -0.343 e. The van der Waals surface area contributed by atoms with Gasteiger partial charge in [0.2, 0.25) is 0 Å². The summed E-state index contributed by atoms with van der Waals surface area (Å²) < 4.78 is 0. The third kappa shape index (κ3) is 2.35. The predicted molar refractivity (Wildman–Crippen MR) is 118 cm³/mol. The Bertz CT molecular complexity index is 1080. The molecule has 0 bridgehead atoms. The van der Waals surface area contributed by atoms with Gasteiger partial charge in [0.05, 0.1) is 5.70 Å². The monoisotopic (exact) mass is 364 g/mol. The Hall–Kier alpha value is -3.22. The van der Waals surface area contributed by atoms with Crippen LogP contribution in [0.2, 0.25) is 0 Å². The molecule has 0 radical (unpaired) electrons. The molecule has 0 saturated heterocycles. The highest BCUT2D eigenvalue weighted by atomic mass is 15.2. The van der Waals surface area contributed by atoms with Gasteiger partial charge in [0.25, 0.3) is 0 Å². The Morgan fingerprint density at radius 1 is 1.00 bits per heavy atom. The first-order chi connectivity index (χ1) is 13.7. The summed E-state index contributed by atoms with van der Waals surface area (Å²) in [5.74, 6) is 0.590. The molecule has 0 unspecified atom stereocenters. The molecule has 5 rings (SSSR count). The molecule has 0 aromatic heterocycles. The third-order valence-electron chi connectivity index (χ3n) is 6.22. The summed E-state index contributed by atoms with van der Waals surface area (Å²) in [5, 5.41) is 0. The van der Waals surface area contributed by atoms with Gasteiger partial charge in [0, 0.05) is 46.5 Å². The van der Waals surface area contributed by atoms with E-state index in [1.165, 1.54) is 42.0 Å². The van der Waals surface area contributed by atoms with E-state index < -0.39 is 0 Å². The molecule has 28 heavy (non-hydrogen) atoms. The first-order valence-corrected chi connectivity index (χ1v) is 9.94. The van der Waals surface area contributed by atoms with Gasteiger partial charge in [0.1, 0.15) is 0 Å². The minimum absolute atomic E-state index is 0.590. The van der Waals surface area contributed by atoms with Crippen LogP contribution in [-0.2, 0) is 0 Å². The van der Waals surface area contributed by atoms with Crippen molar-refractivity contribution in [1.82, 2.24) is 0 Å². The van der Waals surface area contributed by atoms with Crippen LogP contribution in [0.15, 0.2) is 102 Å². The average molecular weight is 364 g/mol. The van der Waals surface area contributed by atoms with Gasteiger partial charge in [-0.15, -0.1) is 5.73 Å². The van der Waals surface area contributed by atoms with E-state index in [4.69, 9.17) is 0 Å². The van der Waals surface area contributed by atoms with Crippen LogP contribution < -0.4 is 9.80 Å². The van der Waals surface area contributed by atoms with Crippen LogP contribution in [0.3, 0.4) is 0 Å². The molecule has 2 aliphatic heterocycles. The Morgan fingerprint density at radius 2 is 1.71 bits per heavy atom. The van der Waals surface area contributed by atoms with Crippen molar-refractivity contribution < 1.29 is 0 Å². The van der Waals surface area contributed by atoms with E-state index in [9.17, 15) is 0 Å². The normalized spacial score (nSPS) is 19.0. The summed E-state index contributed by atoms with van der Waals surface area (Å²) in [6, 6.07) is 19.1. The Labute approximate surface area is 167 Å². The number of likely N-dealkylation sites (N-methyl/N-ethyl adjacent to an activating group) is 1. The number of hydrogen-bond donors (Lipinski definition) is 0. The zero-order valence-electron chi connectivity index (χ0n) is 16.3. The summed E-state index contributed by atoms with van der Waals surface area (Å²) in [7, 11) is 2.15. The summed E-state index contributed by atoms with van der Waals surface area (Å²) in [5.41, 5.74) is 12.5. The third-order valence-corrected chi connectivity index (χ3v) is 6.22. The highest BCUT2D eigenvalue weighted by Gasteiger charge is 2.37. The van der Waals surface area contributed by atoms with E-state index in [2.05, 4.69) is 96.4 Å². The zero-order chi connectivity index (χ0) is 19.3. The van der Waals surface area contributed by atoms with Crippen LogP contribution in [0.25, 0.3) is 5.57 Å². The van der Waals surface area contributed by atoms with Crippen LogP contribution in [0.1, 0.15) is 24.8 Å². The number of para-hydroxylation sites is 2. The molecule has 0 atom stereocenters. The van der Waals surface area contributed by atoms with Gasteiger partial charge >= 0.3 is 0 Å². The van der Waals surface area contributed by atoms with Crippen LogP contribution in [0, 0.1) is 5.92 Å². The fraction of sp³-hybridized carbons (Fsp3) is 0.192. The Balaban J connectivity index is 1.74. The molecule has 0 spiro atoms. The molecule has 1 fully saturated rings. The standard InChI is InChI=1S/C26H24N2/c1-4-21-22-15-8-9-16-23(22)27(3)25-17-24(19-11-10-12-19)28(18(2)26(21)25)20-13-6-5-7-14-20/h5-9,13-17,19H,1-2,10-12H2,3H3. The van der Waals surface area contributed by atoms with Gasteiger partial charge in [0.15, 0.2) is 0 Å². The topological polar surface area (TPSA) is 6.48 Å². The van der Waals surface area contributed by atoms with Gasteiger partial charge in [-0.2, -0.15) is 0 Å². The van der Waals surface area contributed by atoms with Gasteiger partial charge in [-0.05, 0) is 43.0 Å². The first-order valence-electron chi connectivity index (χ1n) is 9.94. The van der Waals surface area contributed by atoms with Gasteiger partial charge in [-0.3, -0.25) is 0 Å². The lowest BCUT2D eigenvalue weighted by Crippen LogP contribution is -2.37. The molecule has 0 N–H and O–H groups in total. The van der Waals surface area contributed by atoms with Gasteiger partial charge in [-0.1, -0.05) is 56.0 Å². The van der Waals surface area contributed by atoms with Crippen molar-refractivity contribution in [1.29, 1.82) is 0 Å². The van der Waals surface area contributed by atoms with Gasteiger partial charge in [-0.25, -0.2) is 0 Å². The SMILES string of the molecule is C=C=C1C2=C(C=C(C3CCC3)N(c3ccccc3)C2=C)N(C)c2ccccc21. The molecular weight excluding hydrogens is 340 g/mol. The number of fused-ring (bicyclic) bond motifs is 1. The molecule has 1 saturated carbocycles. The molecule has 2 nitrogen and oxygen atoms in total. The molecule has 138 valence electrons. The van der Waals surface area contributed by atoms with Crippen molar-refractivity contribution in [3.8, 4) is 0 Å². The van der Waals surface area contributed by atoms with E-state index in [0.717, 1.165) is 22.4 Å². The molecule has 0 amide bonds. The molecular formula is C26H24N2. The van der Waals surface area contributed by atoms with Crippen molar-refractivity contribution in [3.63, 3.8) is 0 Å². The molecule has 3 aliphatic rings. The molecule has 2 aromatic rings. The maximum Gasteiger partial charge on any atom is 0.0533 e. The molecule has 2 heteroatoms. The van der Waals surface area contributed by atoms with Crippen molar-refractivity contribution in [2.45, 2.75) is 19.3 Å². The minimum atomic E-state index is 0.590. The first kappa shape index (κ1) is 16.9. The zero-order valence-corrected chi connectivity index (χ0v) is 16.3. The lowest BCUT2D eigenvalue weighted by Gasteiger charge is -2.44. The summed E-state index contributed by atoms with van der Waals surface area (Å²) >= 11 is 0. The van der Waals surface area contributed by atoms with E-state index in [1.807, 2.05) is 0 Å². The smallest absolute Gasteiger partial charge is 0.0533 e. The maximum absolute atomic E-state index is 4.56. The van der Waals surface area contributed by atoms with E-state index in [1.54, 1.807) is 0 Å². The van der Waals surface area contributed by atoms with Crippen molar-refractivity contribution in [3.05, 3.63) is 108 Å². The number of hydrogen-bond acceptors (Lipinski definition) is 2. The second-order valence-corrected chi connectivity index (χ2v) is 7.70. The summed E-state index contributed by atoms with van der Waals surface area (Å²) in [4.78, 5) is 4.64. The lowest BCUT2D eigenvalue weighted by atomic mass is 9.78. The van der Waals surface area contributed by atoms with E-state index in [-0.39, 0.29) is 0 Å². The second-order valence-electron chi connectivity index (χ2n) is 7.70. The fourth-order valence-electron chi connectivity index (χ4n) is 4.54. The number of rotatable bonds is 2. The van der Waals surface area contributed by atoms with Crippen molar-refractivity contribution in [2.75, 3.05) is 16.8 Å². The highest BCUT2D eigenvalue weighted by Crippen LogP contribution is 2.50. The Morgan fingerprint density at radius 3 is 2.39 bits per heavy atom. The Kier molecular flexibility index (Phi) is 3.89. The average Bonchev–Trinajstić information content (AvgIpc) is 2.69. The van der Waals surface area contributed by atoms with Crippen molar-refractivity contribution in [2.24, 2.45) is 5.92 Å². The van der Waals surface area contributed by atoms with Crippen LogP contribution in [0.4, 0.5) is 11.4 Å². The van der Waals surface area contributed by atoms with Crippen LogP contribution in [-0.4, -0.2) is 7.05 Å². The molecule has 1 aliphatic carbocycles. The quantitative estimate of drug-likeness (QED) is 0.579. The lowest BCUT2D eigenvalue weighted by molar-refractivity contribution is 0.362. The molecule has 2 heterocycles. The second kappa shape index (κ2) is 6.44. The number of nitrogens with zero attached hydrogens (tertiary/aromatic N) is 2. The fourth-order valence-corrected chi connectivity index (χ4v) is 4.54. The van der Waals surface area contributed by atoms with Crippen molar-refractivity contribution >= 4 is 16.9 Å². The number of allylic oxidation sites excluding steroid dienone is 3. The maximum atomic E-state index is 4.56. The highest BCUT2D eigenvalue weighted by molar-refractivity contribution is 5.97. The van der Waals surface area contributed by atoms with E-state index in [0.29, 0.717) is 5.92 Å². The van der Waals surface area contributed by atoms with Gasteiger partial charge < -0.3 is 9.80 Å². The summed E-state index contributed by atoms with van der Waals surface area (Å²) in [6.07, 6.45) is 6.17. The number of benzene rings is 2. The molecule has 2 aromatic carbocycles. The largest absolute Gasteiger partial charge is 0.343 e. The van der Waals surface area contributed by atoms with Crippen LogP contribution in [0.5, 0.6) is 0 Å². The predicted octanol–water partition coefficient (Wildman–Crippen LogP) is 6.28. The summed E-state index contributed by atoms with van der Waals surface area (Å²) in [6.45, 7) is 8.58. The van der Waals surface area contributed by atoms with Crippen LogP contribution >= 0.6 is 0 Å². The number of anilines is 2.